The number of hydrogen-bond donors (Lipinski definition) is 1. The molecule has 1 unspecified atom stereocenters. The molecule has 1 N–H and O–H groups in total. The van der Waals surface area contributed by atoms with Crippen molar-refractivity contribution in [2.45, 2.75) is 24.3 Å². The van der Waals surface area contributed by atoms with E-state index in [-0.39, 0.29) is 27.5 Å². The molecule has 0 aliphatic rings. The van der Waals surface area contributed by atoms with E-state index in [9.17, 15) is 13.6 Å². The summed E-state index contributed by atoms with van der Waals surface area (Å²) in [5, 5.41) is 8.38. The van der Waals surface area contributed by atoms with Crippen molar-refractivity contribution in [1.82, 2.24) is 0 Å². The number of aliphatic carboxylic acids is 1. The van der Waals surface area contributed by atoms with E-state index in [0.29, 0.717) is 0 Å². The van der Waals surface area contributed by atoms with Crippen molar-refractivity contribution in [2.24, 2.45) is 0 Å². The summed E-state index contributed by atoms with van der Waals surface area (Å²) in [5.41, 5.74) is -0.0263. The van der Waals surface area contributed by atoms with Gasteiger partial charge in [-0.2, -0.15) is 11.8 Å². The Morgan fingerprint density at radius 1 is 1.53 bits per heavy atom. The predicted molar refractivity (Wildman–Crippen MR) is 67.1 cm³/mol. The topological polar surface area (TPSA) is 37.3 Å². The number of halogens is 3. The van der Waals surface area contributed by atoms with Gasteiger partial charge < -0.3 is 5.11 Å². The summed E-state index contributed by atoms with van der Waals surface area (Å²) in [4.78, 5) is 10.4. The Morgan fingerprint density at radius 3 is 2.76 bits per heavy atom. The molecule has 0 saturated carbocycles. The average molecular weight is 325 g/mol. The maximum Gasteiger partial charge on any atom is 0.304 e. The molecule has 0 saturated heterocycles. The summed E-state index contributed by atoms with van der Waals surface area (Å²) in [6.45, 7) is 1.71. The minimum absolute atomic E-state index is 0.0259. The normalized spacial score (nSPS) is 12.5. The second-order valence-corrected chi connectivity index (χ2v) is 5.82. The maximum absolute atomic E-state index is 13.6. The van der Waals surface area contributed by atoms with Crippen LogP contribution in [0, 0.1) is 11.6 Å². The molecule has 0 fully saturated rings. The highest BCUT2D eigenvalue weighted by atomic mass is 79.9. The van der Waals surface area contributed by atoms with Crippen LogP contribution in [0.25, 0.3) is 0 Å². The highest BCUT2D eigenvalue weighted by Crippen LogP contribution is 2.27. The van der Waals surface area contributed by atoms with E-state index >= 15 is 0 Å². The Bertz CT molecular complexity index is 426. The van der Waals surface area contributed by atoms with Crippen LogP contribution in [0.1, 0.15) is 18.9 Å². The Morgan fingerprint density at radius 2 is 2.18 bits per heavy atom. The second-order valence-electron chi connectivity index (χ2n) is 3.54. The van der Waals surface area contributed by atoms with Gasteiger partial charge >= 0.3 is 5.97 Å². The molecule has 0 aliphatic heterocycles. The Balaban J connectivity index is 2.69. The number of hydrogen-bond acceptors (Lipinski definition) is 2. The van der Waals surface area contributed by atoms with Gasteiger partial charge in [-0.15, -0.1) is 0 Å². The number of carbonyl (C=O) groups is 1. The van der Waals surface area contributed by atoms with Crippen LogP contribution in [0.4, 0.5) is 8.78 Å². The van der Waals surface area contributed by atoms with Gasteiger partial charge in [0.25, 0.3) is 0 Å². The van der Waals surface area contributed by atoms with E-state index in [1.54, 1.807) is 6.92 Å². The third-order valence-corrected chi connectivity index (χ3v) is 3.92. The fraction of sp³-hybridized carbons (Fsp3) is 0.364. The van der Waals surface area contributed by atoms with Crippen molar-refractivity contribution in [3.8, 4) is 0 Å². The number of carboxylic acids is 1. The van der Waals surface area contributed by atoms with Crippen molar-refractivity contribution < 1.29 is 18.7 Å². The van der Waals surface area contributed by atoms with E-state index < -0.39 is 17.6 Å². The lowest BCUT2D eigenvalue weighted by atomic mass is 10.2. The van der Waals surface area contributed by atoms with Gasteiger partial charge in [-0.25, -0.2) is 8.78 Å². The van der Waals surface area contributed by atoms with E-state index in [1.165, 1.54) is 23.9 Å². The largest absolute Gasteiger partial charge is 0.481 e. The summed E-state index contributed by atoms with van der Waals surface area (Å²) in [5.74, 6) is -2.04. The van der Waals surface area contributed by atoms with Crippen LogP contribution < -0.4 is 0 Å². The molecule has 1 aromatic carbocycles. The van der Waals surface area contributed by atoms with Crippen molar-refractivity contribution >= 4 is 33.7 Å². The Labute approximate surface area is 111 Å². The predicted octanol–water partition coefficient (Wildman–Crippen LogP) is 3.82. The molecule has 0 heterocycles. The fourth-order valence-corrected chi connectivity index (χ4v) is 2.58. The summed E-state index contributed by atoms with van der Waals surface area (Å²) >= 11 is 4.20. The van der Waals surface area contributed by atoms with E-state index in [1.807, 2.05) is 0 Å². The summed E-state index contributed by atoms with van der Waals surface area (Å²) in [6, 6.07) is 2.49. The highest BCUT2D eigenvalue weighted by molar-refractivity contribution is 9.10. The zero-order chi connectivity index (χ0) is 13.0. The molecule has 1 rings (SSSR count). The SMILES string of the molecule is CC(CC(=O)O)SCc1c(F)ccc(Br)c1F. The average Bonchev–Trinajstić information content (AvgIpc) is 2.23. The molecule has 0 amide bonds. The van der Waals surface area contributed by atoms with Crippen molar-refractivity contribution in [3.05, 3.63) is 33.8 Å². The maximum atomic E-state index is 13.6. The fourth-order valence-electron chi connectivity index (χ4n) is 1.23. The van der Waals surface area contributed by atoms with Crippen molar-refractivity contribution in [3.63, 3.8) is 0 Å². The lowest BCUT2D eigenvalue weighted by Gasteiger charge is -2.10. The quantitative estimate of drug-likeness (QED) is 0.836. The first kappa shape index (κ1) is 14.4. The van der Waals surface area contributed by atoms with E-state index in [4.69, 9.17) is 5.11 Å². The molecule has 17 heavy (non-hydrogen) atoms. The van der Waals surface area contributed by atoms with Crippen LogP contribution in [0.5, 0.6) is 0 Å². The zero-order valence-electron chi connectivity index (χ0n) is 9.04. The van der Waals surface area contributed by atoms with Gasteiger partial charge in [0.1, 0.15) is 11.6 Å². The minimum atomic E-state index is -0.916. The first-order valence-electron chi connectivity index (χ1n) is 4.87. The van der Waals surface area contributed by atoms with Crippen LogP contribution in [0.3, 0.4) is 0 Å². The standard InChI is InChI=1S/C11H11BrF2O2S/c1-6(4-10(15)16)17-5-7-9(13)3-2-8(12)11(7)14/h2-3,6H,4-5H2,1H3,(H,15,16). The first-order chi connectivity index (χ1) is 7.91. The second kappa shape index (κ2) is 6.35. The Kier molecular flexibility index (Phi) is 5.39. The lowest BCUT2D eigenvalue weighted by Crippen LogP contribution is -2.06. The smallest absolute Gasteiger partial charge is 0.304 e. The lowest BCUT2D eigenvalue weighted by molar-refractivity contribution is -0.136. The van der Waals surface area contributed by atoms with Gasteiger partial charge in [0.05, 0.1) is 10.9 Å². The molecule has 0 bridgehead atoms. The van der Waals surface area contributed by atoms with Gasteiger partial charge in [-0.3, -0.25) is 4.79 Å². The van der Waals surface area contributed by atoms with Crippen molar-refractivity contribution in [2.75, 3.05) is 0 Å². The van der Waals surface area contributed by atoms with Gasteiger partial charge in [-0.1, -0.05) is 6.92 Å². The number of rotatable bonds is 5. The van der Waals surface area contributed by atoms with Crippen molar-refractivity contribution in [1.29, 1.82) is 0 Å². The van der Waals surface area contributed by atoms with E-state index in [0.717, 1.165) is 0 Å². The molecule has 0 aromatic heterocycles. The zero-order valence-corrected chi connectivity index (χ0v) is 11.4. The third kappa shape index (κ3) is 4.27. The molecular formula is C11H11BrF2O2S. The van der Waals surface area contributed by atoms with Crippen LogP contribution in [-0.4, -0.2) is 16.3 Å². The molecular weight excluding hydrogens is 314 g/mol. The number of carboxylic acid groups (broad SMARTS) is 1. The number of thioether (sulfide) groups is 1. The minimum Gasteiger partial charge on any atom is -0.481 e. The summed E-state index contributed by atoms with van der Waals surface area (Å²) in [6.07, 6.45) is -0.0259. The molecule has 1 atom stereocenters. The van der Waals surface area contributed by atoms with Gasteiger partial charge in [-0.05, 0) is 28.1 Å². The molecule has 0 spiro atoms. The van der Waals surface area contributed by atoms with Gasteiger partial charge in [0.15, 0.2) is 0 Å². The van der Waals surface area contributed by atoms with Gasteiger partial charge in [0.2, 0.25) is 0 Å². The van der Waals surface area contributed by atoms with Crippen LogP contribution in [-0.2, 0) is 10.5 Å². The van der Waals surface area contributed by atoms with Crippen LogP contribution in [0.15, 0.2) is 16.6 Å². The van der Waals surface area contributed by atoms with E-state index in [2.05, 4.69) is 15.9 Å². The summed E-state index contributed by atoms with van der Waals surface area (Å²) in [7, 11) is 0. The first-order valence-corrected chi connectivity index (χ1v) is 6.71. The monoisotopic (exact) mass is 324 g/mol. The van der Waals surface area contributed by atoms with Gasteiger partial charge in [0, 0.05) is 16.6 Å². The molecule has 1 aromatic rings. The molecule has 94 valence electrons. The Hall–Kier alpha value is -0.620. The van der Waals surface area contributed by atoms with Crippen LogP contribution >= 0.6 is 27.7 Å². The molecule has 2 nitrogen and oxygen atoms in total. The van der Waals surface area contributed by atoms with Crippen LogP contribution in [0.2, 0.25) is 0 Å². The summed E-state index contributed by atoms with van der Waals surface area (Å²) < 4.78 is 27.1. The molecule has 6 heteroatoms. The molecule has 0 radical (unpaired) electrons. The molecule has 0 aliphatic carbocycles. The number of benzene rings is 1. The highest BCUT2D eigenvalue weighted by Gasteiger charge is 2.15. The third-order valence-electron chi connectivity index (χ3n) is 2.11.